The number of hydrogen-bond acceptors (Lipinski definition) is 5. The molecule has 1 atom stereocenters. The van der Waals surface area contributed by atoms with Gasteiger partial charge in [-0.2, -0.15) is 5.10 Å². The number of nitrogens with one attached hydrogen (secondary N) is 2. The first-order valence-electron chi connectivity index (χ1n) is 8.54. The van der Waals surface area contributed by atoms with Gasteiger partial charge < -0.3 is 20.3 Å². The second-order valence-electron chi connectivity index (χ2n) is 7.03. The van der Waals surface area contributed by atoms with Gasteiger partial charge in [0.1, 0.15) is 5.82 Å². The van der Waals surface area contributed by atoms with E-state index in [1.165, 1.54) is 0 Å². The van der Waals surface area contributed by atoms with Crippen molar-refractivity contribution in [1.82, 2.24) is 20.4 Å². The van der Waals surface area contributed by atoms with Crippen molar-refractivity contribution in [2.24, 2.45) is 0 Å². The minimum atomic E-state index is -0.236. The van der Waals surface area contributed by atoms with Gasteiger partial charge in [-0.1, -0.05) is 0 Å². The van der Waals surface area contributed by atoms with E-state index in [1.54, 1.807) is 13.3 Å². The lowest BCUT2D eigenvalue weighted by atomic mass is 10.00. The molecule has 1 aromatic heterocycles. The molecule has 7 nitrogen and oxygen atoms in total. The van der Waals surface area contributed by atoms with Crippen molar-refractivity contribution in [2.75, 3.05) is 25.5 Å². The van der Waals surface area contributed by atoms with Crippen LogP contribution >= 0.6 is 0 Å². The van der Waals surface area contributed by atoms with E-state index < -0.39 is 0 Å². The maximum Gasteiger partial charge on any atom is 0.317 e. The number of anilines is 1. The number of hydrogen-bond donors (Lipinski definition) is 2. The van der Waals surface area contributed by atoms with Gasteiger partial charge in [-0.15, -0.1) is 5.10 Å². The Morgan fingerprint density at radius 3 is 2.75 bits per heavy atom. The Hall–Kier alpha value is -1.89. The Balaban J connectivity index is 1.74. The van der Waals surface area contributed by atoms with E-state index in [-0.39, 0.29) is 17.7 Å². The highest BCUT2D eigenvalue weighted by Gasteiger charge is 2.26. The van der Waals surface area contributed by atoms with E-state index in [2.05, 4.69) is 20.8 Å². The largest absolute Gasteiger partial charge is 0.379 e. The van der Waals surface area contributed by atoms with Crippen LogP contribution in [0.25, 0.3) is 0 Å². The Bertz CT molecular complexity index is 515. The molecule has 1 saturated heterocycles. The van der Waals surface area contributed by atoms with E-state index in [1.807, 2.05) is 37.8 Å². The molecule has 7 heteroatoms. The van der Waals surface area contributed by atoms with Crippen LogP contribution in [0.15, 0.2) is 18.3 Å². The predicted octanol–water partition coefficient (Wildman–Crippen LogP) is 2.27. The molecule has 0 aromatic carbocycles. The third-order valence-electron chi connectivity index (χ3n) is 4.43. The molecule has 24 heavy (non-hydrogen) atoms. The lowest BCUT2D eigenvalue weighted by Crippen LogP contribution is -2.50. The fourth-order valence-electron chi connectivity index (χ4n) is 2.99. The van der Waals surface area contributed by atoms with E-state index in [9.17, 15) is 4.79 Å². The Morgan fingerprint density at radius 1 is 1.46 bits per heavy atom. The maximum atomic E-state index is 12.4. The number of aromatic nitrogens is 2. The molecule has 1 aliphatic rings. The standard InChI is InChI=1S/C17H29N5O2/c1-13(12-17(2,3)24-4)19-16(23)22-10-7-14(8-11-22)20-15-6-5-9-18-21-15/h5-6,9,13-14H,7-8,10-12H2,1-4H3,(H,19,23)(H,20,21). The van der Waals surface area contributed by atoms with E-state index in [0.29, 0.717) is 6.04 Å². The zero-order valence-corrected chi connectivity index (χ0v) is 15.1. The van der Waals surface area contributed by atoms with Gasteiger partial charge in [-0.25, -0.2) is 4.79 Å². The fourth-order valence-corrected chi connectivity index (χ4v) is 2.99. The Morgan fingerprint density at radius 2 is 2.17 bits per heavy atom. The molecule has 2 heterocycles. The molecule has 0 aliphatic carbocycles. The number of methoxy groups -OCH3 is 1. The molecular formula is C17H29N5O2. The summed E-state index contributed by atoms with van der Waals surface area (Å²) in [7, 11) is 1.70. The van der Waals surface area contributed by atoms with E-state index in [0.717, 1.165) is 38.2 Å². The monoisotopic (exact) mass is 335 g/mol. The van der Waals surface area contributed by atoms with Crippen molar-refractivity contribution < 1.29 is 9.53 Å². The number of urea groups is 1. The van der Waals surface area contributed by atoms with Gasteiger partial charge in [-0.05, 0) is 52.2 Å². The summed E-state index contributed by atoms with van der Waals surface area (Å²) < 4.78 is 5.42. The molecule has 0 saturated carbocycles. The summed E-state index contributed by atoms with van der Waals surface area (Å²) in [5.74, 6) is 0.788. The normalized spacial score (nSPS) is 17.4. The number of nitrogens with zero attached hydrogens (tertiary/aromatic N) is 3. The van der Waals surface area contributed by atoms with Crippen LogP contribution in [0.4, 0.5) is 10.6 Å². The summed E-state index contributed by atoms with van der Waals surface area (Å²) in [6.45, 7) is 7.55. The van der Waals surface area contributed by atoms with Crippen molar-refractivity contribution >= 4 is 11.8 Å². The highest BCUT2D eigenvalue weighted by atomic mass is 16.5. The van der Waals surface area contributed by atoms with Gasteiger partial charge in [0, 0.05) is 38.5 Å². The summed E-state index contributed by atoms with van der Waals surface area (Å²) in [5, 5.41) is 14.3. The number of carbonyl (C=O) groups excluding carboxylic acids is 1. The minimum Gasteiger partial charge on any atom is -0.379 e. The second kappa shape index (κ2) is 8.28. The molecule has 1 unspecified atom stereocenters. The summed E-state index contributed by atoms with van der Waals surface area (Å²) in [6, 6.07) is 4.18. The van der Waals surface area contributed by atoms with Crippen LogP contribution in [0.5, 0.6) is 0 Å². The molecule has 2 rings (SSSR count). The van der Waals surface area contributed by atoms with Crippen LogP contribution < -0.4 is 10.6 Å². The predicted molar refractivity (Wildman–Crippen MR) is 93.9 cm³/mol. The molecule has 0 spiro atoms. The van der Waals surface area contributed by atoms with Crippen LogP contribution in [-0.4, -0.2) is 59.0 Å². The zero-order valence-electron chi connectivity index (χ0n) is 15.1. The number of piperidine rings is 1. The Kier molecular flexibility index (Phi) is 6.36. The number of likely N-dealkylation sites (tertiary alicyclic amines) is 1. The van der Waals surface area contributed by atoms with Crippen molar-refractivity contribution in [3.05, 3.63) is 18.3 Å². The van der Waals surface area contributed by atoms with Gasteiger partial charge in [0.05, 0.1) is 5.60 Å². The van der Waals surface area contributed by atoms with Crippen molar-refractivity contribution in [3.8, 4) is 0 Å². The number of rotatable bonds is 6. The first-order valence-corrected chi connectivity index (χ1v) is 8.54. The molecule has 0 radical (unpaired) electrons. The first-order chi connectivity index (χ1) is 11.4. The van der Waals surface area contributed by atoms with Crippen LogP contribution in [0.2, 0.25) is 0 Å². The van der Waals surface area contributed by atoms with Crippen LogP contribution in [0.1, 0.15) is 40.0 Å². The zero-order chi connectivity index (χ0) is 17.6. The number of carbonyl (C=O) groups is 1. The van der Waals surface area contributed by atoms with Gasteiger partial charge >= 0.3 is 6.03 Å². The maximum absolute atomic E-state index is 12.4. The molecule has 1 aliphatic heterocycles. The van der Waals surface area contributed by atoms with Crippen molar-refractivity contribution in [1.29, 1.82) is 0 Å². The molecule has 1 aromatic rings. The SMILES string of the molecule is COC(C)(C)CC(C)NC(=O)N1CCC(Nc2cccnn2)CC1. The van der Waals surface area contributed by atoms with Crippen LogP contribution in [0, 0.1) is 0 Å². The lowest BCUT2D eigenvalue weighted by molar-refractivity contribution is 0.00908. The molecule has 1 fully saturated rings. The average Bonchev–Trinajstić information content (AvgIpc) is 2.56. The summed E-state index contributed by atoms with van der Waals surface area (Å²) in [4.78, 5) is 14.3. The Labute approximate surface area is 144 Å². The van der Waals surface area contributed by atoms with Crippen molar-refractivity contribution in [3.63, 3.8) is 0 Å². The molecule has 2 N–H and O–H groups in total. The van der Waals surface area contributed by atoms with Crippen LogP contribution in [0.3, 0.4) is 0 Å². The van der Waals surface area contributed by atoms with E-state index >= 15 is 0 Å². The minimum absolute atomic E-state index is 0.00681. The topological polar surface area (TPSA) is 79.4 Å². The van der Waals surface area contributed by atoms with Gasteiger partial charge in [-0.3, -0.25) is 0 Å². The smallest absolute Gasteiger partial charge is 0.317 e. The number of amides is 2. The number of ether oxygens (including phenoxy) is 1. The fraction of sp³-hybridized carbons (Fsp3) is 0.706. The molecular weight excluding hydrogens is 306 g/mol. The quantitative estimate of drug-likeness (QED) is 0.834. The van der Waals surface area contributed by atoms with Gasteiger partial charge in [0.2, 0.25) is 0 Å². The molecule has 134 valence electrons. The average molecular weight is 335 g/mol. The molecule has 2 amide bonds. The third-order valence-corrected chi connectivity index (χ3v) is 4.43. The van der Waals surface area contributed by atoms with Gasteiger partial charge in [0.25, 0.3) is 0 Å². The first kappa shape index (κ1) is 18.4. The summed E-state index contributed by atoms with van der Waals surface area (Å²) >= 11 is 0. The highest BCUT2D eigenvalue weighted by Crippen LogP contribution is 2.17. The summed E-state index contributed by atoms with van der Waals surface area (Å²) in [5.41, 5.74) is -0.236. The summed E-state index contributed by atoms with van der Waals surface area (Å²) in [6.07, 6.45) is 4.24. The lowest BCUT2D eigenvalue weighted by Gasteiger charge is -2.34. The third kappa shape index (κ3) is 5.63. The van der Waals surface area contributed by atoms with Crippen molar-refractivity contribution in [2.45, 2.75) is 57.7 Å². The van der Waals surface area contributed by atoms with Crippen LogP contribution in [-0.2, 0) is 4.74 Å². The van der Waals surface area contributed by atoms with E-state index in [4.69, 9.17) is 4.74 Å². The highest BCUT2D eigenvalue weighted by molar-refractivity contribution is 5.74. The second-order valence-corrected chi connectivity index (χ2v) is 7.03. The molecule has 0 bridgehead atoms. The van der Waals surface area contributed by atoms with Gasteiger partial charge in [0.15, 0.2) is 0 Å².